The molecule has 1 aliphatic rings. The Labute approximate surface area is 156 Å². The second-order valence-corrected chi connectivity index (χ2v) is 7.21. The van der Waals surface area contributed by atoms with Crippen LogP contribution in [-0.2, 0) is 6.42 Å². The molecule has 0 bridgehead atoms. The Morgan fingerprint density at radius 1 is 0.920 bits per heavy atom. The lowest BCUT2D eigenvalue weighted by molar-refractivity contribution is 0.0950. The third-order valence-electron chi connectivity index (χ3n) is 5.05. The van der Waals surface area contributed by atoms with Crippen molar-refractivity contribution in [1.82, 2.24) is 9.80 Å². The molecule has 1 atom stereocenters. The summed E-state index contributed by atoms with van der Waals surface area (Å²) >= 11 is 6.05. The van der Waals surface area contributed by atoms with E-state index in [1.165, 1.54) is 11.1 Å². The van der Waals surface area contributed by atoms with Crippen molar-refractivity contribution < 1.29 is 0 Å². The largest absolute Gasteiger partial charge is 0.330 e. The fourth-order valence-electron chi connectivity index (χ4n) is 3.59. The second-order valence-electron chi connectivity index (χ2n) is 6.78. The predicted molar refractivity (Wildman–Crippen MR) is 106 cm³/mol. The quantitative estimate of drug-likeness (QED) is 0.821. The van der Waals surface area contributed by atoms with Crippen molar-refractivity contribution in [3.8, 4) is 0 Å². The highest BCUT2D eigenvalue weighted by molar-refractivity contribution is 6.30. The van der Waals surface area contributed by atoms with Crippen LogP contribution in [-0.4, -0.2) is 49.1 Å². The van der Waals surface area contributed by atoms with Gasteiger partial charge in [-0.1, -0.05) is 54.1 Å². The molecule has 25 heavy (non-hydrogen) atoms. The molecule has 0 radical (unpaired) electrons. The van der Waals surface area contributed by atoms with Crippen LogP contribution in [0, 0.1) is 0 Å². The average Bonchev–Trinajstić information content (AvgIpc) is 2.67. The Kier molecular flexibility index (Phi) is 6.88. The molecule has 4 heteroatoms. The number of nitrogens with two attached hydrogens (primary N) is 1. The molecule has 3 rings (SSSR count). The number of benzene rings is 2. The molecule has 1 saturated heterocycles. The molecule has 2 aromatic rings. The standard InChI is InChI=1S/C21H28ClN3/c22-20-9-7-18(8-10-20)17-21(19-5-2-1-3-6-19)25-15-13-24(14-16-25)12-4-11-23/h1-3,5-10,21H,4,11-17,23H2. The maximum Gasteiger partial charge on any atom is 0.0406 e. The first-order valence-electron chi connectivity index (χ1n) is 9.22. The zero-order chi connectivity index (χ0) is 17.5. The summed E-state index contributed by atoms with van der Waals surface area (Å²) in [5, 5.41) is 0.800. The maximum absolute atomic E-state index is 6.05. The van der Waals surface area contributed by atoms with Crippen molar-refractivity contribution >= 4 is 11.6 Å². The van der Waals surface area contributed by atoms with Crippen LogP contribution in [0.2, 0.25) is 5.02 Å². The number of piperazine rings is 1. The van der Waals surface area contributed by atoms with E-state index in [0.717, 1.165) is 57.1 Å². The van der Waals surface area contributed by atoms with E-state index in [-0.39, 0.29) is 0 Å². The van der Waals surface area contributed by atoms with Gasteiger partial charge in [-0.3, -0.25) is 4.90 Å². The summed E-state index contributed by atoms with van der Waals surface area (Å²) in [5.74, 6) is 0. The highest BCUT2D eigenvalue weighted by atomic mass is 35.5. The molecular formula is C21H28ClN3. The van der Waals surface area contributed by atoms with E-state index in [4.69, 9.17) is 17.3 Å². The summed E-state index contributed by atoms with van der Waals surface area (Å²) in [7, 11) is 0. The number of hydrogen-bond acceptors (Lipinski definition) is 3. The first-order valence-corrected chi connectivity index (χ1v) is 9.60. The second kappa shape index (κ2) is 9.35. The number of hydrogen-bond donors (Lipinski definition) is 1. The molecule has 2 N–H and O–H groups in total. The van der Waals surface area contributed by atoms with Crippen LogP contribution < -0.4 is 5.73 Å². The van der Waals surface area contributed by atoms with Gasteiger partial charge >= 0.3 is 0 Å². The molecule has 134 valence electrons. The van der Waals surface area contributed by atoms with Crippen molar-refractivity contribution in [3.63, 3.8) is 0 Å². The van der Waals surface area contributed by atoms with Crippen molar-refractivity contribution in [2.45, 2.75) is 18.9 Å². The van der Waals surface area contributed by atoms with Gasteiger partial charge in [0, 0.05) is 37.2 Å². The average molecular weight is 358 g/mol. The highest BCUT2D eigenvalue weighted by Gasteiger charge is 2.25. The topological polar surface area (TPSA) is 32.5 Å². The predicted octanol–water partition coefficient (Wildman–Crippen LogP) is 3.59. The summed E-state index contributed by atoms with van der Waals surface area (Å²) in [5.41, 5.74) is 8.38. The summed E-state index contributed by atoms with van der Waals surface area (Å²) in [6, 6.07) is 19.6. The number of halogens is 1. The van der Waals surface area contributed by atoms with Crippen LogP contribution in [0.3, 0.4) is 0 Å². The third-order valence-corrected chi connectivity index (χ3v) is 5.30. The van der Waals surface area contributed by atoms with Gasteiger partial charge in [0.25, 0.3) is 0 Å². The van der Waals surface area contributed by atoms with E-state index in [1.54, 1.807) is 0 Å². The fourth-order valence-corrected chi connectivity index (χ4v) is 3.72. The summed E-state index contributed by atoms with van der Waals surface area (Å²) in [6.07, 6.45) is 2.11. The van der Waals surface area contributed by atoms with Crippen molar-refractivity contribution in [2.75, 3.05) is 39.3 Å². The molecule has 0 aromatic heterocycles. The smallest absolute Gasteiger partial charge is 0.0406 e. The van der Waals surface area contributed by atoms with Gasteiger partial charge in [0.2, 0.25) is 0 Å². The third kappa shape index (κ3) is 5.29. The van der Waals surface area contributed by atoms with Crippen LogP contribution in [0.5, 0.6) is 0 Å². The van der Waals surface area contributed by atoms with Gasteiger partial charge in [-0.2, -0.15) is 0 Å². The molecule has 1 fully saturated rings. The van der Waals surface area contributed by atoms with Gasteiger partial charge in [0.1, 0.15) is 0 Å². The SMILES string of the molecule is NCCCN1CCN(C(Cc2ccc(Cl)cc2)c2ccccc2)CC1. The Hall–Kier alpha value is -1.39. The van der Waals surface area contributed by atoms with E-state index >= 15 is 0 Å². The van der Waals surface area contributed by atoms with E-state index in [0.29, 0.717) is 6.04 Å². The minimum atomic E-state index is 0.416. The molecule has 1 aliphatic heterocycles. The molecule has 1 heterocycles. The maximum atomic E-state index is 6.05. The van der Waals surface area contributed by atoms with Gasteiger partial charge in [-0.15, -0.1) is 0 Å². The van der Waals surface area contributed by atoms with Crippen molar-refractivity contribution in [2.24, 2.45) is 5.73 Å². The van der Waals surface area contributed by atoms with Gasteiger partial charge in [-0.25, -0.2) is 0 Å². The summed E-state index contributed by atoms with van der Waals surface area (Å²) in [4.78, 5) is 5.16. The van der Waals surface area contributed by atoms with Crippen molar-refractivity contribution in [3.05, 3.63) is 70.7 Å². The van der Waals surface area contributed by atoms with E-state index in [1.807, 2.05) is 12.1 Å². The Bertz CT molecular complexity index is 621. The first kappa shape index (κ1) is 18.4. The van der Waals surface area contributed by atoms with Crippen LogP contribution >= 0.6 is 11.6 Å². The lowest BCUT2D eigenvalue weighted by Gasteiger charge is -2.39. The molecule has 2 aromatic carbocycles. The van der Waals surface area contributed by atoms with Crippen LogP contribution in [0.15, 0.2) is 54.6 Å². The Balaban J connectivity index is 1.70. The first-order chi connectivity index (χ1) is 12.3. The van der Waals surface area contributed by atoms with Crippen LogP contribution in [0.25, 0.3) is 0 Å². The summed E-state index contributed by atoms with van der Waals surface area (Å²) < 4.78 is 0. The molecule has 0 aliphatic carbocycles. The zero-order valence-corrected chi connectivity index (χ0v) is 15.5. The summed E-state index contributed by atoms with van der Waals surface area (Å²) in [6.45, 7) is 6.38. The Morgan fingerprint density at radius 3 is 2.24 bits per heavy atom. The normalized spacial score (nSPS) is 17.5. The van der Waals surface area contributed by atoms with Crippen molar-refractivity contribution in [1.29, 1.82) is 0 Å². The molecule has 1 unspecified atom stereocenters. The zero-order valence-electron chi connectivity index (χ0n) is 14.8. The fraction of sp³-hybridized carbons (Fsp3) is 0.429. The van der Waals surface area contributed by atoms with Gasteiger partial charge in [-0.05, 0) is 49.2 Å². The molecule has 0 saturated carbocycles. The minimum Gasteiger partial charge on any atom is -0.330 e. The molecule has 3 nitrogen and oxygen atoms in total. The lowest BCUT2D eigenvalue weighted by atomic mass is 9.96. The van der Waals surface area contributed by atoms with Crippen LogP contribution in [0.4, 0.5) is 0 Å². The van der Waals surface area contributed by atoms with E-state index < -0.39 is 0 Å². The minimum absolute atomic E-state index is 0.416. The van der Waals surface area contributed by atoms with Crippen LogP contribution in [0.1, 0.15) is 23.6 Å². The lowest BCUT2D eigenvalue weighted by Crippen LogP contribution is -2.48. The monoisotopic (exact) mass is 357 g/mol. The van der Waals surface area contributed by atoms with E-state index in [9.17, 15) is 0 Å². The van der Waals surface area contributed by atoms with Gasteiger partial charge in [0.05, 0.1) is 0 Å². The molecule has 0 spiro atoms. The number of rotatable bonds is 7. The van der Waals surface area contributed by atoms with Gasteiger partial charge < -0.3 is 10.6 Å². The Morgan fingerprint density at radius 2 is 1.60 bits per heavy atom. The highest BCUT2D eigenvalue weighted by Crippen LogP contribution is 2.27. The van der Waals surface area contributed by atoms with Gasteiger partial charge in [0.15, 0.2) is 0 Å². The van der Waals surface area contributed by atoms with E-state index in [2.05, 4.69) is 52.3 Å². The number of nitrogens with zero attached hydrogens (tertiary/aromatic N) is 2. The molecular weight excluding hydrogens is 330 g/mol. The molecule has 0 amide bonds.